The lowest BCUT2D eigenvalue weighted by Gasteiger charge is -2.26. The van der Waals surface area contributed by atoms with Crippen LogP contribution in [0, 0.1) is 0 Å². The first-order valence-corrected chi connectivity index (χ1v) is 7.56. The summed E-state index contributed by atoms with van der Waals surface area (Å²) in [5, 5.41) is 15.9. The summed E-state index contributed by atoms with van der Waals surface area (Å²) in [6.45, 7) is 4.27. The Balaban J connectivity index is 2.06. The smallest absolute Gasteiger partial charge is 0.254 e. The number of rotatable bonds is 7. The zero-order valence-electron chi connectivity index (χ0n) is 12.6. The number of nitrogens with one attached hydrogen (secondary N) is 2. The summed E-state index contributed by atoms with van der Waals surface area (Å²) >= 11 is 0. The largest absolute Gasteiger partial charge is 0.393 e. The minimum absolute atomic E-state index is 0.202. The number of aromatic nitrogens is 2. The number of carbonyl (C=O) groups excluding carboxylic acids is 1. The number of aliphatic hydroxyl groups excluding tert-OH is 1. The van der Waals surface area contributed by atoms with Crippen molar-refractivity contribution in [2.75, 3.05) is 17.2 Å². The number of hydrogen-bond acceptors (Lipinski definition) is 6. The molecule has 1 fully saturated rings. The molecular formula is C15H23N5O2. The molecule has 1 aliphatic carbocycles. The van der Waals surface area contributed by atoms with Crippen LogP contribution in [0.3, 0.4) is 0 Å². The molecule has 0 atom stereocenters. The van der Waals surface area contributed by atoms with Gasteiger partial charge in [0.2, 0.25) is 5.95 Å². The Bertz CT molecular complexity index is 527. The van der Waals surface area contributed by atoms with Gasteiger partial charge >= 0.3 is 0 Å². The summed E-state index contributed by atoms with van der Waals surface area (Å²) in [7, 11) is 0. The fourth-order valence-electron chi connectivity index (χ4n) is 2.46. The third-order valence-electron chi connectivity index (χ3n) is 3.73. The highest BCUT2D eigenvalue weighted by Crippen LogP contribution is 2.22. The van der Waals surface area contributed by atoms with E-state index in [1.807, 2.05) is 0 Å². The molecule has 0 spiro atoms. The van der Waals surface area contributed by atoms with Gasteiger partial charge in [0, 0.05) is 18.8 Å². The number of primary amides is 1. The van der Waals surface area contributed by atoms with E-state index >= 15 is 0 Å². The van der Waals surface area contributed by atoms with E-state index in [0.29, 0.717) is 18.3 Å². The van der Waals surface area contributed by atoms with E-state index in [9.17, 15) is 9.90 Å². The van der Waals surface area contributed by atoms with E-state index in [1.165, 1.54) is 6.20 Å². The minimum atomic E-state index is -0.562. The summed E-state index contributed by atoms with van der Waals surface area (Å²) in [5.41, 5.74) is 5.61. The Labute approximate surface area is 130 Å². The molecule has 1 heterocycles. The van der Waals surface area contributed by atoms with Gasteiger partial charge < -0.3 is 21.5 Å². The molecule has 7 heteroatoms. The first-order valence-electron chi connectivity index (χ1n) is 7.56. The van der Waals surface area contributed by atoms with E-state index in [-0.39, 0.29) is 17.7 Å². The van der Waals surface area contributed by atoms with Crippen LogP contribution in [0.4, 0.5) is 11.8 Å². The van der Waals surface area contributed by atoms with Crippen molar-refractivity contribution in [3.63, 3.8) is 0 Å². The highest BCUT2D eigenvalue weighted by Gasteiger charge is 2.20. The molecule has 1 amide bonds. The molecule has 0 aliphatic heterocycles. The van der Waals surface area contributed by atoms with Crippen LogP contribution in [-0.2, 0) is 0 Å². The number of nitrogens with two attached hydrogens (primary N) is 1. The molecule has 1 aliphatic rings. The van der Waals surface area contributed by atoms with Gasteiger partial charge in [-0.3, -0.25) is 4.79 Å². The molecule has 120 valence electrons. The molecule has 1 saturated carbocycles. The topological polar surface area (TPSA) is 113 Å². The molecule has 22 heavy (non-hydrogen) atoms. The zero-order chi connectivity index (χ0) is 15.9. The van der Waals surface area contributed by atoms with Crippen LogP contribution in [0.1, 0.15) is 42.5 Å². The van der Waals surface area contributed by atoms with Crippen LogP contribution < -0.4 is 16.4 Å². The second-order valence-electron chi connectivity index (χ2n) is 5.47. The fourth-order valence-corrected chi connectivity index (χ4v) is 2.46. The number of anilines is 2. The van der Waals surface area contributed by atoms with E-state index in [1.54, 1.807) is 6.08 Å². The predicted octanol–water partition coefficient (Wildman–Crippen LogP) is 1.28. The van der Waals surface area contributed by atoms with Crippen molar-refractivity contribution in [3.05, 3.63) is 24.4 Å². The third kappa shape index (κ3) is 4.42. The quantitative estimate of drug-likeness (QED) is 0.446. The Kier molecular flexibility index (Phi) is 5.71. The highest BCUT2D eigenvalue weighted by molar-refractivity contribution is 5.97. The van der Waals surface area contributed by atoms with E-state index in [4.69, 9.17) is 5.73 Å². The summed E-state index contributed by atoms with van der Waals surface area (Å²) in [6, 6.07) is 0.240. The molecule has 5 N–H and O–H groups in total. The van der Waals surface area contributed by atoms with Gasteiger partial charge in [0.25, 0.3) is 5.91 Å². The molecule has 0 radical (unpaired) electrons. The summed E-state index contributed by atoms with van der Waals surface area (Å²) < 4.78 is 0. The average molecular weight is 305 g/mol. The van der Waals surface area contributed by atoms with Crippen LogP contribution in [0.5, 0.6) is 0 Å². The van der Waals surface area contributed by atoms with Crippen molar-refractivity contribution < 1.29 is 9.90 Å². The van der Waals surface area contributed by atoms with Gasteiger partial charge in [-0.05, 0) is 32.1 Å². The van der Waals surface area contributed by atoms with Crippen molar-refractivity contribution in [2.45, 2.75) is 44.2 Å². The van der Waals surface area contributed by atoms with Crippen molar-refractivity contribution in [1.29, 1.82) is 0 Å². The zero-order valence-corrected chi connectivity index (χ0v) is 12.6. The first-order chi connectivity index (χ1) is 10.6. The average Bonchev–Trinajstić information content (AvgIpc) is 2.50. The molecule has 2 rings (SSSR count). The maximum absolute atomic E-state index is 11.4. The van der Waals surface area contributed by atoms with Crippen molar-refractivity contribution in [2.24, 2.45) is 5.73 Å². The van der Waals surface area contributed by atoms with E-state index in [0.717, 1.165) is 32.1 Å². The number of hydrogen-bond donors (Lipinski definition) is 4. The van der Waals surface area contributed by atoms with Gasteiger partial charge in [0.05, 0.1) is 11.7 Å². The predicted molar refractivity (Wildman–Crippen MR) is 85.7 cm³/mol. The molecule has 0 aromatic carbocycles. The maximum Gasteiger partial charge on any atom is 0.254 e. The van der Waals surface area contributed by atoms with Crippen molar-refractivity contribution in [1.82, 2.24) is 9.97 Å². The molecule has 7 nitrogen and oxygen atoms in total. The maximum atomic E-state index is 11.4. The molecule has 1 aromatic heterocycles. The van der Waals surface area contributed by atoms with Gasteiger partial charge in [-0.2, -0.15) is 4.98 Å². The summed E-state index contributed by atoms with van der Waals surface area (Å²) in [4.78, 5) is 19.9. The van der Waals surface area contributed by atoms with Gasteiger partial charge in [0.15, 0.2) is 0 Å². The monoisotopic (exact) mass is 305 g/mol. The second-order valence-corrected chi connectivity index (χ2v) is 5.47. The fraction of sp³-hybridized carbons (Fsp3) is 0.533. The summed E-state index contributed by atoms with van der Waals surface area (Å²) in [6.07, 6.45) is 7.08. The van der Waals surface area contributed by atoms with Crippen LogP contribution >= 0.6 is 0 Å². The summed E-state index contributed by atoms with van der Waals surface area (Å²) in [5.74, 6) is 0.337. The SMILES string of the molecule is C=CCCNc1nc(NC2CCC(O)CC2)ncc1C(N)=O. The van der Waals surface area contributed by atoms with E-state index in [2.05, 4.69) is 27.2 Å². The van der Waals surface area contributed by atoms with Gasteiger partial charge in [-0.15, -0.1) is 6.58 Å². The molecular weight excluding hydrogens is 282 g/mol. The standard InChI is InChI=1S/C15H23N5O2/c1-2-3-8-17-14-12(13(16)22)9-18-15(20-14)19-10-4-6-11(21)7-5-10/h2,9-11,21H,1,3-8H2,(H2,16,22)(H2,17,18,19,20). The number of carbonyl (C=O) groups is 1. The molecule has 0 saturated heterocycles. The second kappa shape index (κ2) is 7.74. The lowest BCUT2D eigenvalue weighted by atomic mass is 9.93. The highest BCUT2D eigenvalue weighted by atomic mass is 16.3. The van der Waals surface area contributed by atoms with Crippen molar-refractivity contribution >= 4 is 17.7 Å². The van der Waals surface area contributed by atoms with Crippen LogP contribution in [0.25, 0.3) is 0 Å². The van der Waals surface area contributed by atoms with Crippen molar-refractivity contribution in [3.8, 4) is 0 Å². The molecule has 0 bridgehead atoms. The number of nitrogens with zero attached hydrogens (tertiary/aromatic N) is 2. The Hall–Kier alpha value is -2.15. The van der Waals surface area contributed by atoms with Gasteiger partial charge in [-0.1, -0.05) is 6.08 Å². The Morgan fingerprint density at radius 3 is 2.82 bits per heavy atom. The first kappa shape index (κ1) is 16.2. The van der Waals surface area contributed by atoms with E-state index < -0.39 is 5.91 Å². The number of aliphatic hydroxyl groups is 1. The lowest BCUT2D eigenvalue weighted by Crippen LogP contribution is -2.29. The van der Waals surface area contributed by atoms with Gasteiger partial charge in [-0.25, -0.2) is 4.98 Å². The normalized spacial score (nSPS) is 21.1. The number of amides is 1. The Morgan fingerprint density at radius 2 is 2.18 bits per heavy atom. The van der Waals surface area contributed by atoms with Crippen LogP contribution in [0.2, 0.25) is 0 Å². The molecule has 1 aromatic rings. The lowest BCUT2D eigenvalue weighted by molar-refractivity contribution is 0.100. The van der Waals surface area contributed by atoms with Gasteiger partial charge in [0.1, 0.15) is 5.82 Å². The Morgan fingerprint density at radius 1 is 1.45 bits per heavy atom. The minimum Gasteiger partial charge on any atom is -0.393 e. The molecule has 0 unspecified atom stereocenters. The van der Waals surface area contributed by atoms with Crippen LogP contribution in [-0.4, -0.2) is 39.7 Å². The third-order valence-corrected chi connectivity index (χ3v) is 3.73. The van der Waals surface area contributed by atoms with Crippen LogP contribution in [0.15, 0.2) is 18.9 Å².